The number of rotatable bonds is 6. The molecule has 3 aliphatic heterocycles. The minimum Gasteiger partial charge on any atom is -0.348 e. The number of nitriles is 1. The van der Waals surface area contributed by atoms with Gasteiger partial charge < -0.3 is 14.5 Å². The van der Waals surface area contributed by atoms with Gasteiger partial charge in [-0.1, -0.05) is 24.2 Å². The topological polar surface area (TPSA) is 83.9 Å². The number of amides is 1. The number of carbonyl (C=O) groups excluding carboxylic acids is 1. The third-order valence-corrected chi connectivity index (χ3v) is 11.0. The number of carbonyl (C=O) groups is 1. The van der Waals surface area contributed by atoms with E-state index in [9.17, 15) is 10.1 Å². The lowest BCUT2D eigenvalue weighted by Crippen LogP contribution is -2.72. The van der Waals surface area contributed by atoms with Gasteiger partial charge in [-0.15, -0.1) is 0 Å². The molecule has 5 aliphatic rings. The van der Waals surface area contributed by atoms with Crippen LogP contribution in [0.4, 0.5) is 0 Å². The first-order valence-corrected chi connectivity index (χ1v) is 15.9. The third kappa shape index (κ3) is 6.08. The Kier molecular flexibility index (Phi) is 8.74. The van der Waals surface area contributed by atoms with Crippen LogP contribution in [0, 0.1) is 22.7 Å². The van der Waals surface area contributed by atoms with Crippen molar-refractivity contribution in [1.82, 2.24) is 25.3 Å². The van der Waals surface area contributed by atoms with Crippen LogP contribution in [0.5, 0.6) is 0 Å². The second-order valence-electron chi connectivity index (χ2n) is 13.1. The van der Waals surface area contributed by atoms with Crippen molar-refractivity contribution in [1.29, 1.82) is 5.26 Å². The van der Waals surface area contributed by atoms with Crippen LogP contribution < -0.4 is 10.6 Å². The highest BCUT2D eigenvalue weighted by molar-refractivity contribution is 6.30. The molecule has 6 rings (SSSR count). The highest BCUT2D eigenvalue weighted by Gasteiger charge is 2.50. The molecule has 1 aromatic rings. The molecule has 0 aromatic heterocycles. The van der Waals surface area contributed by atoms with Crippen molar-refractivity contribution in [2.24, 2.45) is 11.3 Å². The van der Waals surface area contributed by atoms with E-state index < -0.39 is 0 Å². The molecule has 1 aromatic carbocycles. The van der Waals surface area contributed by atoms with Gasteiger partial charge in [0.2, 0.25) is 5.91 Å². The van der Waals surface area contributed by atoms with Crippen molar-refractivity contribution >= 4 is 17.5 Å². The number of benzene rings is 1. The summed E-state index contributed by atoms with van der Waals surface area (Å²) < 4.78 is 6.57. The van der Waals surface area contributed by atoms with Crippen LogP contribution in [0.1, 0.15) is 56.1 Å². The van der Waals surface area contributed by atoms with Crippen LogP contribution in [-0.2, 0) is 22.4 Å². The van der Waals surface area contributed by atoms with E-state index in [4.69, 9.17) is 16.3 Å². The zero-order valence-corrected chi connectivity index (χ0v) is 25.1. The van der Waals surface area contributed by atoms with E-state index in [1.807, 2.05) is 11.0 Å². The highest BCUT2D eigenvalue weighted by Crippen LogP contribution is 2.49. The second-order valence-corrected chi connectivity index (χ2v) is 13.6. The number of halogens is 1. The van der Waals surface area contributed by atoms with Crippen molar-refractivity contribution in [3.63, 3.8) is 0 Å². The van der Waals surface area contributed by atoms with Gasteiger partial charge in [0.1, 0.15) is 0 Å². The third-order valence-electron chi connectivity index (χ3n) is 10.7. The van der Waals surface area contributed by atoms with Crippen molar-refractivity contribution in [2.75, 3.05) is 39.8 Å². The van der Waals surface area contributed by atoms with Gasteiger partial charge in [-0.05, 0) is 99.7 Å². The maximum absolute atomic E-state index is 12.6. The van der Waals surface area contributed by atoms with Crippen molar-refractivity contribution in [2.45, 2.75) is 88.4 Å². The van der Waals surface area contributed by atoms with Crippen molar-refractivity contribution < 1.29 is 9.53 Å². The van der Waals surface area contributed by atoms with E-state index in [-0.39, 0.29) is 24.5 Å². The maximum Gasteiger partial charge on any atom is 0.246 e. The van der Waals surface area contributed by atoms with Gasteiger partial charge in [-0.25, -0.2) is 0 Å². The van der Waals surface area contributed by atoms with Gasteiger partial charge in [-0.2, -0.15) is 5.26 Å². The Morgan fingerprint density at radius 1 is 1.22 bits per heavy atom. The molecule has 2 N–H and O–H groups in total. The molecule has 1 saturated carbocycles. The standard InChI is InChI=1S/C32H45ClN6O2/c1-3-29(40)39-16-15-38(20-25(39)10-13-34)30-27-9-12-32(11-8-22-17-24(33)7-6-23(22)18-32)19-28(27)35-31(36-30)41-21-26-5-4-14-37(26)2/h3,6-7,17,25-28,30-31,35-36H,1,4-5,8-12,14-16,18-21H2,2H3/t25?,26?,27?,28?,30?,31?,32-/m0/s1. The molecule has 9 heteroatoms. The highest BCUT2D eigenvalue weighted by atomic mass is 35.5. The minimum atomic E-state index is -0.220. The first kappa shape index (κ1) is 29.1. The summed E-state index contributed by atoms with van der Waals surface area (Å²) in [5.74, 6) is 0.354. The number of ether oxygens (including phenoxy) is 1. The molecule has 41 heavy (non-hydrogen) atoms. The lowest BCUT2D eigenvalue weighted by atomic mass is 9.59. The molecular weight excluding hydrogens is 536 g/mol. The summed E-state index contributed by atoms with van der Waals surface area (Å²) in [6.45, 7) is 7.61. The van der Waals surface area contributed by atoms with E-state index in [0.29, 0.717) is 49.5 Å². The van der Waals surface area contributed by atoms with E-state index in [2.05, 4.69) is 52.3 Å². The second kappa shape index (κ2) is 12.3. The van der Waals surface area contributed by atoms with Crippen molar-refractivity contribution in [3.05, 3.63) is 47.0 Å². The van der Waals surface area contributed by atoms with Crippen LogP contribution in [0.15, 0.2) is 30.9 Å². The van der Waals surface area contributed by atoms with Gasteiger partial charge >= 0.3 is 0 Å². The Morgan fingerprint density at radius 3 is 2.88 bits per heavy atom. The summed E-state index contributed by atoms with van der Waals surface area (Å²) in [6, 6.07) is 9.44. The van der Waals surface area contributed by atoms with Crippen LogP contribution in [0.3, 0.4) is 0 Å². The number of nitrogens with one attached hydrogen (secondary N) is 2. The fourth-order valence-corrected chi connectivity index (χ4v) is 8.64. The van der Waals surface area contributed by atoms with Gasteiger partial charge in [-0.3, -0.25) is 20.3 Å². The Bertz CT molecular complexity index is 1170. The normalized spacial score (nSPS) is 36.0. The molecule has 222 valence electrons. The zero-order chi connectivity index (χ0) is 28.6. The molecule has 4 fully saturated rings. The molecule has 8 nitrogen and oxygen atoms in total. The molecular formula is C32H45ClN6O2. The molecule has 2 aliphatic carbocycles. The molecule has 3 saturated heterocycles. The maximum atomic E-state index is 12.6. The van der Waals surface area contributed by atoms with Crippen LogP contribution in [-0.4, -0.2) is 91.1 Å². The Balaban J connectivity index is 1.20. The summed E-state index contributed by atoms with van der Waals surface area (Å²) >= 11 is 6.32. The predicted molar refractivity (Wildman–Crippen MR) is 160 cm³/mol. The number of aryl methyl sites for hydroxylation is 1. The first-order chi connectivity index (χ1) is 19.9. The Labute approximate surface area is 250 Å². The quantitative estimate of drug-likeness (QED) is 0.498. The smallest absolute Gasteiger partial charge is 0.246 e. The SMILES string of the molecule is C=CC(=O)N1CCN(C2NC(OCC3CCCN3C)NC3C[C@@]4(CCc5cc(Cl)ccc5C4)CCC32)CC1CC#N. The number of nitrogens with zero attached hydrogens (tertiary/aromatic N) is 4. The molecule has 1 amide bonds. The average molecular weight is 581 g/mol. The van der Waals surface area contributed by atoms with Gasteiger partial charge in [0.25, 0.3) is 0 Å². The van der Waals surface area contributed by atoms with Crippen LogP contribution in [0.2, 0.25) is 5.02 Å². The van der Waals surface area contributed by atoms with E-state index in [1.165, 1.54) is 42.9 Å². The van der Waals surface area contributed by atoms with E-state index >= 15 is 0 Å². The van der Waals surface area contributed by atoms with E-state index in [1.54, 1.807) is 0 Å². The zero-order valence-electron chi connectivity index (χ0n) is 24.4. The van der Waals surface area contributed by atoms with Gasteiger partial charge in [0, 0.05) is 42.7 Å². The van der Waals surface area contributed by atoms with Gasteiger partial charge in [0.15, 0.2) is 6.35 Å². The van der Waals surface area contributed by atoms with E-state index in [0.717, 1.165) is 43.8 Å². The fraction of sp³-hybridized carbons (Fsp3) is 0.688. The number of hydrogen-bond acceptors (Lipinski definition) is 7. The summed E-state index contributed by atoms with van der Waals surface area (Å²) in [6.07, 6.45) is 10.9. The lowest BCUT2D eigenvalue weighted by Gasteiger charge is -2.56. The lowest BCUT2D eigenvalue weighted by molar-refractivity contribution is -0.137. The summed E-state index contributed by atoms with van der Waals surface area (Å²) in [4.78, 5) is 19.3. The molecule has 6 unspecified atom stereocenters. The van der Waals surface area contributed by atoms with Crippen LogP contribution >= 0.6 is 11.6 Å². The summed E-state index contributed by atoms with van der Waals surface area (Å²) in [5, 5.41) is 18.1. The summed E-state index contributed by atoms with van der Waals surface area (Å²) in [7, 11) is 2.19. The fourth-order valence-electron chi connectivity index (χ4n) is 8.44. The van der Waals surface area contributed by atoms with Gasteiger partial charge in [0.05, 0.1) is 31.3 Å². The monoisotopic (exact) mass is 580 g/mol. The number of hydrogen-bond donors (Lipinski definition) is 2. The number of likely N-dealkylation sites (N-methyl/N-ethyl adjacent to an activating group) is 1. The molecule has 1 spiro atoms. The van der Waals surface area contributed by atoms with Crippen molar-refractivity contribution in [3.8, 4) is 6.07 Å². The Hall–Kier alpha value is -1.99. The molecule has 0 bridgehead atoms. The predicted octanol–water partition coefficient (Wildman–Crippen LogP) is 3.51. The largest absolute Gasteiger partial charge is 0.348 e. The first-order valence-electron chi connectivity index (χ1n) is 15.5. The van der Waals surface area contributed by atoms with Crippen LogP contribution in [0.25, 0.3) is 0 Å². The number of piperazine rings is 1. The minimum absolute atomic E-state index is 0.0820. The number of likely N-dealkylation sites (tertiary alicyclic amines) is 1. The molecule has 0 radical (unpaired) electrons. The number of fused-ring (bicyclic) bond motifs is 2. The average Bonchev–Trinajstić information content (AvgIpc) is 3.39. The molecule has 3 heterocycles. The Morgan fingerprint density at radius 2 is 2.10 bits per heavy atom. The molecule has 7 atom stereocenters. The summed E-state index contributed by atoms with van der Waals surface area (Å²) in [5.41, 5.74) is 3.17.